The molecule has 0 atom stereocenters. The van der Waals surface area contributed by atoms with E-state index in [4.69, 9.17) is 0 Å². The summed E-state index contributed by atoms with van der Waals surface area (Å²) in [4.78, 5) is 8.65. The molecule has 0 saturated heterocycles. The first-order valence-electron chi connectivity index (χ1n) is 7.84. The number of hydrogen-bond acceptors (Lipinski definition) is 4. The number of nitrogens with one attached hydrogen (secondary N) is 1. The van der Waals surface area contributed by atoms with E-state index in [1.54, 1.807) is 6.33 Å². The van der Waals surface area contributed by atoms with E-state index < -0.39 is 5.60 Å². The number of anilines is 1. The van der Waals surface area contributed by atoms with Gasteiger partial charge < -0.3 is 10.4 Å². The fourth-order valence-electron chi connectivity index (χ4n) is 3.12. The molecule has 0 unspecified atom stereocenters. The predicted octanol–water partition coefficient (Wildman–Crippen LogP) is 3.44. The second-order valence-electron chi connectivity index (χ2n) is 6.23. The molecule has 4 heteroatoms. The maximum atomic E-state index is 10.7. The van der Waals surface area contributed by atoms with Gasteiger partial charge >= 0.3 is 0 Å². The van der Waals surface area contributed by atoms with Crippen LogP contribution in [0, 0.1) is 6.92 Å². The van der Waals surface area contributed by atoms with Crippen LogP contribution >= 0.6 is 0 Å². The van der Waals surface area contributed by atoms with Crippen LogP contribution in [0.5, 0.6) is 0 Å². The number of aliphatic hydroxyl groups is 1. The number of aryl methyl sites for hydroxylation is 1. The van der Waals surface area contributed by atoms with Crippen molar-refractivity contribution in [3.8, 4) is 0 Å². The average Bonchev–Trinajstić information content (AvgIpc) is 2.70. The molecule has 4 nitrogen and oxygen atoms in total. The van der Waals surface area contributed by atoms with Crippen LogP contribution in [0.2, 0.25) is 0 Å². The molecule has 1 aromatic carbocycles. The summed E-state index contributed by atoms with van der Waals surface area (Å²) in [6.07, 6.45) is 8.03. The van der Waals surface area contributed by atoms with Gasteiger partial charge in [0.05, 0.1) is 11.1 Å². The Hall–Kier alpha value is -1.68. The van der Waals surface area contributed by atoms with E-state index in [-0.39, 0.29) is 0 Å². The molecule has 1 saturated carbocycles. The Morgan fingerprint density at radius 1 is 1.14 bits per heavy atom. The van der Waals surface area contributed by atoms with Crippen molar-refractivity contribution in [3.63, 3.8) is 0 Å². The van der Waals surface area contributed by atoms with E-state index in [1.807, 2.05) is 6.07 Å². The van der Waals surface area contributed by atoms with Crippen molar-refractivity contribution in [2.24, 2.45) is 0 Å². The molecule has 1 aliphatic carbocycles. The van der Waals surface area contributed by atoms with Crippen molar-refractivity contribution < 1.29 is 5.11 Å². The third-order valence-corrected chi connectivity index (χ3v) is 4.41. The molecule has 3 rings (SSSR count). The lowest BCUT2D eigenvalue weighted by molar-refractivity contribution is 0.0381. The maximum Gasteiger partial charge on any atom is 0.137 e. The monoisotopic (exact) mass is 285 g/mol. The van der Waals surface area contributed by atoms with Crippen molar-refractivity contribution in [3.05, 3.63) is 30.1 Å². The summed E-state index contributed by atoms with van der Waals surface area (Å²) in [5.41, 5.74) is 1.52. The second kappa shape index (κ2) is 5.98. The van der Waals surface area contributed by atoms with E-state index in [9.17, 15) is 5.11 Å². The molecule has 1 fully saturated rings. The van der Waals surface area contributed by atoms with Gasteiger partial charge in [0.2, 0.25) is 0 Å². The van der Waals surface area contributed by atoms with Crippen LogP contribution in [0.4, 0.5) is 5.82 Å². The molecule has 0 radical (unpaired) electrons. The SMILES string of the molecule is Cc1ccc2ncnc(NCC3(O)CCCCCC3)c2c1. The zero-order valence-corrected chi connectivity index (χ0v) is 12.6. The second-order valence-corrected chi connectivity index (χ2v) is 6.23. The fraction of sp³-hybridized carbons (Fsp3) is 0.529. The first-order chi connectivity index (χ1) is 10.2. The lowest BCUT2D eigenvalue weighted by Gasteiger charge is -2.27. The van der Waals surface area contributed by atoms with Crippen LogP contribution in [0.15, 0.2) is 24.5 Å². The molecule has 0 bridgehead atoms. The Kier molecular flexibility index (Phi) is 4.06. The van der Waals surface area contributed by atoms with Gasteiger partial charge in [0.15, 0.2) is 0 Å². The van der Waals surface area contributed by atoms with Gasteiger partial charge in [-0.2, -0.15) is 0 Å². The third kappa shape index (κ3) is 3.32. The number of aromatic nitrogens is 2. The number of nitrogens with zero attached hydrogens (tertiary/aromatic N) is 2. The van der Waals surface area contributed by atoms with Gasteiger partial charge in [0.25, 0.3) is 0 Å². The first kappa shape index (κ1) is 14.3. The molecule has 2 N–H and O–H groups in total. The van der Waals surface area contributed by atoms with Crippen LogP contribution in [0.25, 0.3) is 10.9 Å². The summed E-state index contributed by atoms with van der Waals surface area (Å²) in [5, 5.41) is 15.1. The minimum absolute atomic E-state index is 0.563. The van der Waals surface area contributed by atoms with Crippen molar-refractivity contribution >= 4 is 16.7 Å². The van der Waals surface area contributed by atoms with Gasteiger partial charge in [-0.25, -0.2) is 9.97 Å². The maximum absolute atomic E-state index is 10.7. The summed E-state index contributed by atoms with van der Waals surface area (Å²) in [6.45, 7) is 2.63. The summed E-state index contributed by atoms with van der Waals surface area (Å²) in [7, 11) is 0. The molecular weight excluding hydrogens is 262 g/mol. The van der Waals surface area contributed by atoms with Gasteiger partial charge in [-0.05, 0) is 31.9 Å². The summed E-state index contributed by atoms with van der Waals surface area (Å²) in [5.74, 6) is 0.821. The van der Waals surface area contributed by atoms with Crippen molar-refractivity contribution in [2.75, 3.05) is 11.9 Å². The summed E-state index contributed by atoms with van der Waals surface area (Å²) >= 11 is 0. The van der Waals surface area contributed by atoms with Crippen LogP contribution in [0.1, 0.15) is 44.1 Å². The van der Waals surface area contributed by atoms with Gasteiger partial charge in [-0.1, -0.05) is 37.3 Å². The van der Waals surface area contributed by atoms with Crippen LogP contribution < -0.4 is 5.32 Å². The number of fused-ring (bicyclic) bond motifs is 1. The first-order valence-corrected chi connectivity index (χ1v) is 7.84. The van der Waals surface area contributed by atoms with Gasteiger partial charge in [-0.3, -0.25) is 0 Å². The Labute approximate surface area is 125 Å². The highest BCUT2D eigenvalue weighted by molar-refractivity contribution is 5.89. The summed E-state index contributed by atoms with van der Waals surface area (Å²) < 4.78 is 0. The van der Waals surface area contributed by atoms with Gasteiger partial charge in [0.1, 0.15) is 12.1 Å². The zero-order valence-electron chi connectivity index (χ0n) is 12.6. The van der Waals surface area contributed by atoms with E-state index in [2.05, 4.69) is 34.3 Å². The van der Waals surface area contributed by atoms with Crippen molar-refractivity contribution in [1.29, 1.82) is 0 Å². The average molecular weight is 285 g/mol. The van der Waals surface area contributed by atoms with Crippen molar-refractivity contribution in [1.82, 2.24) is 9.97 Å². The molecule has 112 valence electrons. The Morgan fingerprint density at radius 3 is 2.67 bits per heavy atom. The minimum atomic E-state index is -0.600. The lowest BCUT2D eigenvalue weighted by atomic mass is 9.94. The molecule has 0 amide bonds. The highest BCUT2D eigenvalue weighted by Crippen LogP contribution is 2.28. The smallest absolute Gasteiger partial charge is 0.137 e. The predicted molar refractivity (Wildman–Crippen MR) is 85.4 cm³/mol. The normalized spacial score (nSPS) is 18.4. The largest absolute Gasteiger partial charge is 0.388 e. The van der Waals surface area contributed by atoms with E-state index in [0.717, 1.165) is 42.4 Å². The molecule has 1 aromatic heterocycles. The van der Waals surface area contributed by atoms with Gasteiger partial charge in [0, 0.05) is 11.9 Å². The molecule has 0 aliphatic heterocycles. The molecule has 1 aliphatic rings. The molecule has 21 heavy (non-hydrogen) atoms. The van der Waals surface area contributed by atoms with Crippen LogP contribution in [-0.4, -0.2) is 27.2 Å². The lowest BCUT2D eigenvalue weighted by Crippen LogP contribution is -2.36. The molecule has 1 heterocycles. The zero-order chi connectivity index (χ0) is 14.7. The third-order valence-electron chi connectivity index (χ3n) is 4.41. The summed E-state index contributed by atoms with van der Waals surface area (Å²) in [6, 6.07) is 6.16. The number of hydrogen-bond donors (Lipinski definition) is 2. The number of benzene rings is 1. The quantitative estimate of drug-likeness (QED) is 0.848. The van der Waals surface area contributed by atoms with E-state index in [1.165, 1.54) is 18.4 Å². The highest BCUT2D eigenvalue weighted by atomic mass is 16.3. The van der Waals surface area contributed by atoms with Crippen LogP contribution in [-0.2, 0) is 0 Å². The Bertz CT molecular complexity index is 618. The molecular formula is C17H23N3O. The highest BCUT2D eigenvalue weighted by Gasteiger charge is 2.27. The Balaban J connectivity index is 1.80. The molecule has 0 spiro atoms. The number of rotatable bonds is 3. The van der Waals surface area contributed by atoms with E-state index >= 15 is 0 Å². The van der Waals surface area contributed by atoms with Crippen LogP contribution in [0.3, 0.4) is 0 Å². The topological polar surface area (TPSA) is 58.0 Å². The standard InChI is InChI=1S/C17H23N3O/c1-13-6-7-15-14(10-13)16(20-12-19-15)18-11-17(21)8-4-2-3-5-9-17/h6-7,10,12,21H,2-5,8-9,11H2,1H3,(H,18,19,20). The van der Waals surface area contributed by atoms with Gasteiger partial charge in [-0.15, -0.1) is 0 Å². The fourth-order valence-corrected chi connectivity index (χ4v) is 3.12. The van der Waals surface area contributed by atoms with Crippen molar-refractivity contribution in [2.45, 2.75) is 51.0 Å². The Morgan fingerprint density at radius 2 is 1.90 bits per heavy atom. The van der Waals surface area contributed by atoms with E-state index in [0.29, 0.717) is 6.54 Å². The minimum Gasteiger partial charge on any atom is -0.388 e. The molecule has 2 aromatic rings.